The number of thiazole rings is 1. The van der Waals surface area contributed by atoms with Gasteiger partial charge in [0.1, 0.15) is 22.6 Å². The number of hydrogen-bond donors (Lipinski definition) is 0. The SMILES string of the molecule is Cc1csc(-c2coc3c(C)c(OC(=O)c4ccccc4Cl)ccc3c2=O)n1. The topological polar surface area (TPSA) is 69.4 Å². The van der Waals surface area contributed by atoms with E-state index in [1.807, 2.05) is 12.3 Å². The number of benzene rings is 2. The lowest BCUT2D eigenvalue weighted by atomic mass is 10.1. The average Bonchev–Trinajstić information content (AvgIpc) is 3.11. The summed E-state index contributed by atoms with van der Waals surface area (Å²) in [5, 5.41) is 3.20. The molecule has 0 saturated carbocycles. The molecular formula is C21H14ClNO4S. The molecule has 2 aromatic heterocycles. The third-order valence-corrected chi connectivity index (χ3v) is 5.61. The van der Waals surface area contributed by atoms with Gasteiger partial charge in [-0.2, -0.15) is 0 Å². The van der Waals surface area contributed by atoms with Gasteiger partial charge in [-0.3, -0.25) is 4.79 Å². The van der Waals surface area contributed by atoms with Crippen LogP contribution in [-0.4, -0.2) is 11.0 Å². The van der Waals surface area contributed by atoms with Gasteiger partial charge in [0.15, 0.2) is 0 Å². The van der Waals surface area contributed by atoms with Gasteiger partial charge in [0.05, 0.1) is 21.5 Å². The van der Waals surface area contributed by atoms with Crippen molar-refractivity contribution in [2.75, 3.05) is 0 Å². The average molecular weight is 412 g/mol. The van der Waals surface area contributed by atoms with E-state index in [9.17, 15) is 9.59 Å². The third-order valence-electron chi connectivity index (χ3n) is 4.29. The van der Waals surface area contributed by atoms with Crippen LogP contribution in [0.15, 0.2) is 57.3 Å². The van der Waals surface area contributed by atoms with Crippen molar-refractivity contribution in [1.82, 2.24) is 4.98 Å². The number of aryl methyl sites for hydroxylation is 2. The molecular weight excluding hydrogens is 398 g/mol. The van der Waals surface area contributed by atoms with Gasteiger partial charge >= 0.3 is 5.97 Å². The van der Waals surface area contributed by atoms with Gasteiger partial charge < -0.3 is 9.15 Å². The lowest BCUT2D eigenvalue weighted by Gasteiger charge is -2.10. The molecule has 0 amide bonds. The Morgan fingerprint density at radius 1 is 1.18 bits per heavy atom. The first-order valence-corrected chi connectivity index (χ1v) is 9.66. The van der Waals surface area contributed by atoms with Crippen LogP contribution in [0.2, 0.25) is 5.02 Å². The number of esters is 1. The van der Waals surface area contributed by atoms with Crippen LogP contribution in [0.3, 0.4) is 0 Å². The summed E-state index contributed by atoms with van der Waals surface area (Å²) in [5.74, 6) is -0.274. The molecule has 140 valence electrons. The Kier molecular flexibility index (Phi) is 4.75. The smallest absolute Gasteiger partial charge is 0.345 e. The van der Waals surface area contributed by atoms with Crippen molar-refractivity contribution in [3.63, 3.8) is 0 Å². The summed E-state index contributed by atoms with van der Waals surface area (Å²) in [5.41, 5.74) is 2.26. The number of carbonyl (C=O) groups excluding carboxylic acids is 1. The molecule has 28 heavy (non-hydrogen) atoms. The van der Waals surface area contributed by atoms with Gasteiger partial charge in [-0.25, -0.2) is 9.78 Å². The van der Waals surface area contributed by atoms with E-state index in [0.29, 0.717) is 37.9 Å². The Bertz CT molecular complexity index is 1280. The van der Waals surface area contributed by atoms with Crippen LogP contribution in [0.4, 0.5) is 0 Å². The minimum absolute atomic E-state index is 0.178. The highest BCUT2D eigenvalue weighted by molar-refractivity contribution is 7.13. The molecule has 0 bridgehead atoms. The number of halogens is 1. The number of nitrogens with zero attached hydrogens (tertiary/aromatic N) is 1. The number of aromatic nitrogens is 1. The van der Waals surface area contributed by atoms with Gasteiger partial charge in [0, 0.05) is 16.6 Å². The predicted octanol–water partition coefficient (Wildman–Crippen LogP) is 5.41. The summed E-state index contributed by atoms with van der Waals surface area (Å²) in [6.07, 6.45) is 1.40. The van der Waals surface area contributed by atoms with Crippen LogP contribution in [-0.2, 0) is 0 Å². The zero-order valence-electron chi connectivity index (χ0n) is 15.0. The summed E-state index contributed by atoms with van der Waals surface area (Å²) in [6.45, 7) is 3.60. The van der Waals surface area contributed by atoms with Gasteiger partial charge in [-0.15, -0.1) is 11.3 Å². The fourth-order valence-corrected chi connectivity index (χ4v) is 3.85. The Morgan fingerprint density at radius 3 is 2.68 bits per heavy atom. The summed E-state index contributed by atoms with van der Waals surface area (Å²) < 4.78 is 11.2. The first-order valence-electron chi connectivity index (χ1n) is 8.40. The number of fused-ring (bicyclic) bond motifs is 1. The molecule has 0 saturated heterocycles. The first-order chi connectivity index (χ1) is 13.5. The second-order valence-corrected chi connectivity index (χ2v) is 7.47. The molecule has 7 heteroatoms. The van der Waals surface area contributed by atoms with E-state index in [0.717, 1.165) is 5.69 Å². The molecule has 0 fully saturated rings. The monoisotopic (exact) mass is 411 g/mol. The molecule has 0 radical (unpaired) electrons. The maximum Gasteiger partial charge on any atom is 0.345 e. The Hall–Kier alpha value is -2.96. The predicted molar refractivity (Wildman–Crippen MR) is 109 cm³/mol. The van der Waals surface area contributed by atoms with Crippen molar-refractivity contribution < 1.29 is 13.9 Å². The van der Waals surface area contributed by atoms with E-state index in [1.54, 1.807) is 43.3 Å². The number of ether oxygens (including phenoxy) is 1. The van der Waals surface area contributed by atoms with E-state index in [1.165, 1.54) is 17.6 Å². The molecule has 2 aromatic carbocycles. The summed E-state index contributed by atoms with van der Waals surface area (Å²) in [6, 6.07) is 9.82. The summed E-state index contributed by atoms with van der Waals surface area (Å²) in [7, 11) is 0. The van der Waals surface area contributed by atoms with Crippen LogP contribution in [0.1, 0.15) is 21.6 Å². The van der Waals surface area contributed by atoms with Crippen molar-refractivity contribution >= 4 is 39.9 Å². The minimum Gasteiger partial charge on any atom is -0.463 e. The van der Waals surface area contributed by atoms with E-state index in [2.05, 4.69) is 4.98 Å². The Labute approximate surface area is 169 Å². The van der Waals surface area contributed by atoms with Crippen molar-refractivity contribution in [3.8, 4) is 16.3 Å². The number of hydrogen-bond acceptors (Lipinski definition) is 6. The van der Waals surface area contributed by atoms with Crippen LogP contribution in [0, 0.1) is 13.8 Å². The molecule has 0 spiro atoms. The van der Waals surface area contributed by atoms with Crippen molar-refractivity contribution in [3.05, 3.63) is 80.1 Å². The normalized spacial score (nSPS) is 11.0. The van der Waals surface area contributed by atoms with Crippen LogP contribution >= 0.6 is 22.9 Å². The molecule has 0 atom stereocenters. The second kappa shape index (κ2) is 7.22. The number of rotatable bonds is 3. The summed E-state index contributed by atoms with van der Waals surface area (Å²) >= 11 is 7.44. The third kappa shape index (κ3) is 3.21. The van der Waals surface area contributed by atoms with Gasteiger partial charge in [-0.05, 0) is 38.1 Å². The van der Waals surface area contributed by atoms with E-state index in [-0.39, 0.29) is 11.0 Å². The summed E-state index contributed by atoms with van der Waals surface area (Å²) in [4.78, 5) is 29.6. The highest BCUT2D eigenvalue weighted by atomic mass is 35.5. The minimum atomic E-state index is -0.578. The molecule has 4 rings (SSSR count). The molecule has 2 heterocycles. The van der Waals surface area contributed by atoms with Gasteiger partial charge in [-0.1, -0.05) is 23.7 Å². The molecule has 4 aromatic rings. The van der Waals surface area contributed by atoms with Crippen molar-refractivity contribution in [1.29, 1.82) is 0 Å². The molecule has 0 aliphatic carbocycles. The standard InChI is InChI=1S/C21H14ClNO4S/c1-11-10-28-20(23-11)15-9-26-19-12(2)17(8-7-14(19)18(15)24)27-21(25)13-5-3-4-6-16(13)22/h3-10H,1-2H3. The van der Waals surface area contributed by atoms with Crippen molar-refractivity contribution in [2.45, 2.75) is 13.8 Å². The Morgan fingerprint density at radius 2 is 1.96 bits per heavy atom. The van der Waals surface area contributed by atoms with E-state index < -0.39 is 5.97 Å². The lowest BCUT2D eigenvalue weighted by molar-refractivity contribution is 0.0734. The number of carbonyl (C=O) groups is 1. The zero-order chi connectivity index (χ0) is 19.8. The lowest BCUT2D eigenvalue weighted by Crippen LogP contribution is -2.11. The molecule has 5 nitrogen and oxygen atoms in total. The largest absolute Gasteiger partial charge is 0.463 e. The molecule has 0 unspecified atom stereocenters. The van der Waals surface area contributed by atoms with Gasteiger partial charge in [0.2, 0.25) is 5.43 Å². The van der Waals surface area contributed by atoms with Crippen molar-refractivity contribution in [2.24, 2.45) is 0 Å². The highest BCUT2D eigenvalue weighted by Crippen LogP contribution is 2.30. The quantitative estimate of drug-likeness (QED) is 0.333. The van der Waals surface area contributed by atoms with Gasteiger partial charge in [0.25, 0.3) is 0 Å². The molecule has 0 N–H and O–H groups in total. The van der Waals surface area contributed by atoms with Crippen LogP contribution in [0.5, 0.6) is 5.75 Å². The van der Waals surface area contributed by atoms with E-state index >= 15 is 0 Å². The van der Waals surface area contributed by atoms with E-state index in [4.69, 9.17) is 20.8 Å². The second-order valence-electron chi connectivity index (χ2n) is 6.21. The van der Waals surface area contributed by atoms with Crippen LogP contribution in [0.25, 0.3) is 21.5 Å². The zero-order valence-corrected chi connectivity index (χ0v) is 16.6. The highest BCUT2D eigenvalue weighted by Gasteiger charge is 2.18. The fourth-order valence-electron chi connectivity index (χ4n) is 2.84. The molecule has 0 aliphatic rings. The maximum atomic E-state index is 12.9. The van der Waals surface area contributed by atoms with Crippen LogP contribution < -0.4 is 10.2 Å². The Balaban J connectivity index is 1.75. The maximum absolute atomic E-state index is 12.9. The first kappa shape index (κ1) is 18.4. The fraction of sp³-hybridized carbons (Fsp3) is 0.0952. The molecule has 0 aliphatic heterocycles.